The molecule has 0 unspecified atom stereocenters. The number of hydrogen-bond acceptors (Lipinski definition) is 4. The van der Waals surface area contributed by atoms with Gasteiger partial charge in [0.15, 0.2) is 0 Å². The molecule has 0 atom stereocenters. The van der Waals surface area contributed by atoms with Crippen molar-refractivity contribution in [1.82, 2.24) is 10.2 Å². The van der Waals surface area contributed by atoms with Crippen molar-refractivity contribution in [2.24, 2.45) is 0 Å². The first-order valence-corrected chi connectivity index (χ1v) is 8.03. The van der Waals surface area contributed by atoms with E-state index in [1.165, 1.54) is 24.3 Å². The lowest BCUT2D eigenvalue weighted by Gasteiger charge is -2.14. The van der Waals surface area contributed by atoms with Crippen LogP contribution in [0, 0.1) is 10.1 Å². The Morgan fingerprint density at radius 3 is 2.92 bits per heavy atom. The molecule has 2 amide bonds. The zero-order chi connectivity index (χ0) is 17.5. The average molecular weight is 352 g/mol. The minimum Gasteiger partial charge on any atom is -0.352 e. The molecule has 1 aliphatic heterocycles. The molecule has 1 aliphatic rings. The van der Waals surface area contributed by atoms with Crippen molar-refractivity contribution in [1.29, 1.82) is 0 Å². The summed E-state index contributed by atoms with van der Waals surface area (Å²) in [6, 6.07) is 4.33. The number of nitro groups is 1. The van der Waals surface area contributed by atoms with E-state index in [0.29, 0.717) is 31.5 Å². The van der Waals surface area contributed by atoms with Gasteiger partial charge in [0.2, 0.25) is 11.8 Å². The van der Waals surface area contributed by atoms with E-state index in [0.717, 1.165) is 13.0 Å². The Labute approximate surface area is 144 Å². The van der Waals surface area contributed by atoms with Gasteiger partial charge in [0, 0.05) is 38.2 Å². The van der Waals surface area contributed by atoms with Gasteiger partial charge in [0.25, 0.3) is 5.69 Å². The molecule has 1 aromatic carbocycles. The summed E-state index contributed by atoms with van der Waals surface area (Å²) in [6.07, 6.45) is 5.01. The standard InChI is InChI=1S/C16H18ClN3O4/c17-13-6-4-12(11-14(13)20(23)24)5-7-15(21)18-8-2-10-19-9-1-3-16(19)22/h4-7,11H,1-3,8-10H2,(H,18,21)/b7-5+. The minimum absolute atomic E-state index is 0.0538. The van der Waals surface area contributed by atoms with Gasteiger partial charge < -0.3 is 10.2 Å². The van der Waals surface area contributed by atoms with Crippen LogP contribution in [-0.2, 0) is 9.59 Å². The lowest BCUT2D eigenvalue weighted by atomic mass is 10.2. The van der Waals surface area contributed by atoms with E-state index in [1.54, 1.807) is 11.0 Å². The largest absolute Gasteiger partial charge is 0.352 e. The number of rotatable bonds is 7. The van der Waals surface area contributed by atoms with E-state index in [2.05, 4.69) is 5.32 Å². The van der Waals surface area contributed by atoms with Crippen molar-refractivity contribution in [2.75, 3.05) is 19.6 Å². The fourth-order valence-corrected chi connectivity index (χ4v) is 2.61. The molecule has 24 heavy (non-hydrogen) atoms. The molecule has 1 heterocycles. The normalized spacial score (nSPS) is 14.4. The molecule has 2 rings (SSSR count). The maximum Gasteiger partial charge on any atom is 0.288 e. The topological polar surface area (TPSA) is 92.5 Å². The van der Waals surface area contributed by atoms with Gasteiger partial charge in [0.05, 0.1) is 4.92 Å². The molecule has 0 bridgehead atoms. The fraction of sp³-hybridized carbons (Fsp3) is 0.375. The Balaban J connectivity index is 1.77. The summed E-state index contributed by atoms with van der Waals surface area (Å²) in [7, 11) is 0. The first-order chi connectivity index (χ1) is 11.5. The molecular formula is C16H18ClN3O4. The van der Waals surface area contributed by atoms with E-state index in [9.17, 15) is 19.7 Å². The molecular weight excluding hydrogens is 334 g/mol. The van der Waals surface area contributed by atoms with Crippen LogP contribution in [-0.4, -0.2) is 41.3 Å². The molecule has 0 spiro atoms. The Bertz CT molecular complexity index is 675. The summed E-state index contributed by atoms with van der Waals surface area (Å²) in [5.41, 5.74) is 0.318. The molecule has 0 saturated carbocycles. The molecule has 1 fully saturated rings. The molecule has 1 aromatic rings. The first-order valence-electron chi connectivity index (χ1n) is 7.65. The van der Waals surface area contributed by atoms with Crippen LogP contribution in [0.25, 0.3) is 6.08 Å². The van der Waals surface area contributed by atoms with Crippen molar-refractivity contribution in [3.05, 3.63) is 45.0 Å². The Hall–Kier alpha value is -2.41. The lowest BCUT2D eigenvalue weighted by Crippen LogP contribution is -2.29. The van der Waals surface area contributed by atoms with Crippen LogP contribution in [0.4, 0.5) is 5.69 Å². The highest BCUT2D eigenvalue weighted by Crippen LogP contribution is 2.25. The zero-order valence-corrected chi connectivity index (χ0v) is 13.8. The summed E-state index contributed by atoms with van der Waals surface area (Å²) in [4.78, 5) is 35.2. The SMILES string of the molecule is O=C(/C=C/c1ccc(Cl)c([N+](=O)[O-])c1)NCCCN1CCCC1=O. The fourth-order valence-electron chi connectivity index (χ4n) is 2.43. The van der Waals surface area contributed by atoms with Gasteiger partial charge in [-0.15, -0.1) is 0 Å². The maximum absolute atomic E-state index is 11.7. The Kier molecular flexibility index (Phi) is 6.31. The summed E-state index contributed by atoms with van der Waals surface area (Å²) in [6.45, 7) is 1.90. The Morgan fingerprint density at radius 2 is 2.25 bits per heavy atom. The number of carbonyl (C=O) groups is 2. The monoisotopic (exact) mass is 351 g/mol. The number of nitrogens with zero attached hydrogens (tertiary/aromatic N) is 2. The summed E-state index contributed by atoms with van der Waals surface area (Å²) in [5.74, 6) is -0.120. The first kappa shape index (κ1) is 17.9. The van der Waals surface area contributed by atoms with Crippen molar-refractivity contribution in [3.63, 3.8) is 0 Å². The molecule has 8 heteroatoms. The van der Waals surface area contributed by atoms with Gasteiger partial charge >= 0.3 is 0 Å². The number of nitrogens with one attached hydrogen (secondary N) is 1. The van der Waals surface area contributed by atoms with Gasteiger partial charge in [-0.05, 0) is 30.5 Å². The van der Waals surface area contributed by atoms with Crippen molar-refractivity contribution < 1.29 is 14.5 Å². The number of likely N-dealkylation sites (tertiary alicyclic amines) is 1. The smallest absolute Gasteiger partial charge is 0.288 e. The highest BCUT2D eigenvalue weighted by atomic mass is 35.5. The molecule has 1 N–H and O–H groups in total. The van der Waals surface area contributed by atoms with Gasteiger partial charge in [-0.2, -0.15) is 0 Å². The molecule has 0 radical (unpaired) electrons. The van der Waals surface area contributed by atoms with E-state index in [1.807, 2.05) is 0 Å². The summed E-state index contributed by atoms with van der Waals surface area (Å²) in [5, 5.41) is 13.6. The second-order valence-electron chi connectivity index (χ2n) is 5.43. The van der Waals surface area contributed by atoms with Crippen molar-refractivity contribution >= 4 is 35.2 Å². The number of carbonyl (C=O) groups excluding carboxylic acids is 2. The zero-order valence-electron chi connectivity index (χ0n) is 13.0. The predicted molar refractivity (Wildman–Crippen MR) is 90.6 cm³/mol. The van der Waals surface area contributed by atoms with E-state index < -0.39 is 4.92 Å². The molecule has 128 valence electrons. The number of halogens is 1. The average Bonchev–Trinajstić information content (AvgIpc) is 2.95. The third-order valence-electron chi connectivity index (χ3n) is 3.67. The minimum atomic E-state index is -0.570. The van der Waals surface area contributed by atoms with Crippen LogP contribution >= 0.6 is 11.6 Å². The number of hydrogen-bond donors (Lipinski definition) is 1. The Morgan fingerprint density at radius 1 is 1.46 bits per heavy atom. The van der Waals surface area contributed by atoms with Crippen LogP contribution in [0.2, 0.25) is 5.02 Å². The molecule has 0 aliphatic carbocycles. The summed E-state index contributed by atoms with van der Waals surface area (Å²) < 4.78 is 0. The van der Waals surface area contributed by atoms with Crippen LogP contribution in [0.15, 0.2) is 24.3 Å². The summed E-state index contributed by atoms with van der Waals surface area (Å²) >= 11 is 5.73. The van der Waals surface area contributed by atoms with Crippen LogP contribution in [0.3, 0.4) is 0 Å². The van der Waals surface area contributed by atoms with Crippen molar-refractivity contribution in [3.8, 4) is 0 Å². The van der Waals surface area contributed by atoms with Crippen LogP contribution < -0.4 is 5.32 Å². The third-order valence-corrected chi connectivity index (χ3v) is 3.99. The van der Waals surface area contributed by atoms with Crippen LogP contribution in [0.5, 0.6) is 0 Å². The number of nitro benzene ring substituents is 1. The highest BCUT2D eigenvalue weighted by Gasteiger charge is 2.18. The number of benzene rings is 1. The van der Waals surface area contributed by atoms with Gasteiger partial charge in [-0.3, -0.25) is 19.7 Å². The van der Waals surface area contributed by atoms with Crippen molar-refractivity contribution in [2.45, 2.75) is 19.3 Å². The number of amides is 2. The second-order valence-corrected chi connectivity index (χ2v) is 5.84. The van der Waals surface area contributed by atoms with E-state index in [4.69, 9.17) is 11.6 Å². The van der Waals surface area contributed by atoms with Gasteiger partial charge in [0.1, 0.15) is 5.02 Å². The van der Waals surface area contributed by atoms with Gasteiger partial charge in [-0.25, -0.2) is 0 Å². The molecule has 1 saturated heterocycles. The maximum atomic E-state index is 11.7. The lowest BCUT2D eigenvalue weighted by molar-refractivity contribution is -0.384. The van der Waals surface area contributed by atoms with Crippen LogP contribution in [0.1, 0.15) is 24.8 Å². The molecule has 0 aromatic heterocycles. The van der Waals surface area contributed by atoms with E-state index >= 15 is 0 Å². The third kappa shape index (κ3) is 5.06. The molecule has 7 nitrogen and oxygen atoms in total. The van der Waals surface area contributed by atoms with E-state index in [-0.39, 0.29) is 22.5 Å². The highest BCUT2D eigenvalue weighted by molar-refractivity contribution is 6.32. The second kappa shape index (κ2) is 8.44. The quantitative estimate of drug-likeness (QED) is 0.353. The predicted octanol–water partition coefficient (Wildman–Crippen LogP) is 2.39. The van der Waals surface area contributed by atoms with Gasteiger partial charge in [-0.1, -0.05) is 17.7 Å².